The number of hydrogen-bond acceptors (Lipinski definition) is 7. The SMILES string of the molecule is COc1ccc2nc(NCC(=O)c3cccc(S(=O)(=O)N4CCCC4)c3)sc2c1. The minimum absolute atomic E-state index is 0.0319. The summed E-state index contributed by atoms with van der Waals surface area (Å²) < 4.78 is 33.1. The molecule has 0 unspecified atom stereocenters. The van der Waals surface area contributed by atoms with E-state index in [2.05, 4.69) is 10.3 Å². The molecule has 0 atom stereocenters. The average molecular weight is 432 g/mol. The molecule has 0 aliphatic carbocycles. The van der Waals surface area contributed by atoms with E-state index >= 15 is 0 Å². The van der Waals surface area contributed by atoms with E-state index in [0.29, 0.717) is 23.8 Å². The number of rotatable bonds is 7. The van der Waals surface area contributed by atoms with E-state index in [1.54, 1.807) is 25.3 Å². The number of aromatic nitrogens is 1. The number of fused-ring (bicyclic) bond motifs is 1. The van der Waals surface area contributed by atoms with Gasteiger partial charge in [0, 0.05) is 18.7 Å². The fraction of sp³-hybridized carbons (Fsp3) is 0.300. The largest absolute Gasteiger partial charge is 0.497 e. The first-order valence-corrected chi connectivity index (χ1v) is 11.5. The smallest absolute Gasteiger partial charge is 0.243 e. The number of nitrogens with one attached hydrogen (secondary N) is 1. The molecule has 1 aromatic heterocycles. The Bertz CT molecular complexity index is 1150. The van der Waals surface area contributed by atoms with Crippen LogP contribution in [0.25, 0.3) is 10.2 Å². The van der Waals surface area contributed by atoms with Crippen LogP contribution in [0.15, 0.2) is 47.4 Å². The lowest BCUT2D eigenvalue weighted by atomic mass is 10.1. The van der Waals surface area contributed by atoms with Gasteiger partial charge in [-0.05, 0) is 43.2 Å². The van der Waals surface area contributed by atoms with Gasteiger partial charge in [-0.15, -0.1) is 0 Å². The number of hydrogen-bond donors (Lipinski definition) is 1. The van der Waals surface area contributed by atoms with Crippen LogP contribution in [0, 0.1) is 0 Å². The molecule has 29 heavy (non-hydrogen) atoms. The maximum atomic E-state index is 12.7. The number of Topliss-reactive ketones (excluding diaryl/α,β-unsaturated/α-hetero) is 1. The second-order valence-corrected chi connectivity index (χ2v) is 9.74. The van der Waals surface area contributed by atoms with Gasteiger partial charge in [-0.2, -0.15) is 4.31 Å². The van der Waals surface area contributed by atoms with E-state index in [1.807, 2.05) is 18.2 Å². The molecule has 4 rings (SSSR count). The summed E-state index contributed by atoms with van der Waals surface area (Å²) in [5, 5.41) is 3.67. The summed E-state index contributed by atoms with van der Waals surface area (Å²) in [6, 6.07) is 11.8. The predicted molar refractivity (Wildman–Crippen MR) is 113 cm³/mol. The molecule has 0 spiro atoms. The summed E-state index contributed by atoms with van der Waals surface area (Å²) in [6.07, 6.45) is 1.74. The number of thiazole rings is 1. The van der Waals surface area contributed by atoms with Gasteiger partial charge in [0.25, 0.3) is 0 Å². The second-order valence-electron chi connectivity index (χ2n) is 6.77. The zero-order chi connectivity index (χ0) is 20.4. The first-order chi connectivity index (χ1) is 14.0. The molecule has 2 heterocycles. The van der Waals surface area contributed by atoms with Gasteiger partial charge in [-0.1, -0.05) is 23.5 Å². The summed E-state index contributed by atoms with van der Waals surface area (Å²) in [7, 11) is -1.94. The molecular weight excluding hydrogens is 410 g/mol. The summed E-state index contributed by atoms with van der Waals surface area (Å²) in [6.45, 7) is 1.10. The quantitative estimate of drug-likeness (QED) is 0.577. The average Bonchev–Trinajstić information content (AvgIpc) is 3.41. The van der Waals surface area contributed by atoms with Crippen LogP contribution in [-0.4, -0.2) is 50.2 Å². The lowest BCUT2D eigenvalue weighted by Crippen LogP contribution is -2.28. The second kappa shape index (κ2) is 8.10. The molecule has 0 amide bonds. The molecule has 7 nitrogen and oxygen atoms in total. The van der Waals surface area contributed by atoms with Crippen LogP contribution in [0.4, 0.5) is 5.13 Å². The number of ketones is 1. The van der Waals surface area contributed by atoms with Gasteiger partial charge in [-0.25, -0.2) is 13.4 Å². The lowest BCUT2D eigenvalue weighted by molar-refractivity contribution is 0.101. The number of sulfonamides is 1. The zero-order valence-electron chi connectivity index (χ0n) is 15.9. The van der Waals surface area contributed by atoms with Gasteiger partial charge in [0.2, 0.25) is 10.0 Å². The molecule has 1 fully saturated rings. The number of carbonyl (C=O) groups excluding carboxylic acids is 1. The third-order valence-electron chi connectivity index (χ3n) is 4.85. The van der Waals surface area contributed by atoms with Crippen molar-refractivity contribution >= 4 is 42.5 Å². The first kappa shape index (κ1) is 19.8. The number of methoxy groups -OCH3 is 1. The molecule has 9 heteroatoms. The maximum Gasteiger partial charge on any atom is 0.243 e. The first-order valence-electron chi connectivity index (χ1n) is 9.29. The Hall–Kier alpha value is -2.49. The van der Waals surface area contributed by atoms with Gasteiger partial charge in [-0.3, -0.25) is 4.79 Å². The molecule has 0 bridgehead atoms. The molecular formula is C20H21N3O4S2. The number of anilines is 1. The minimum Gasteiger partial charge on any atom is -0.497 e. The molecule has 2 aromatic carbocycles. The number of carbonyl (C=O) groups is 1. The topological polar surface area (TPSA) is 88.6 Å². The highest BCUT2D eigenvalue weighted by atomic mass is 32.2. The van der Waals surface area contributed by atoms with Crippen molar-refractivity contribution in [3.63, 3.8) is 0 Å². The van der Waals surface area contributed by atoms with Crippen molar-refractivity contribution in [1.82, 2.24) is 9.29 Å². The summed E-state index contributed by atoms with van der Waals surface area (Å²) >= 11 is 1.43. The Balaban J connectivity index is 1.47. The third-order valence-corrected chi connectivity index (χ3v) is 7.73. The van der Waals surface area contributed by atoms with Crippen molar-refractivity contribution in [2.45, 2.75) is 17.7 Å². The molecule has 0 saturated carbocycles. The molecule has 1 aliphatic heterocycles. The van der Waals surface area contributed by atoms with Gasteiger partial charge in [0.1, 0.15) is 5.75 Å². The van der Waals surface area contributed by atoms with Crippen molar-refractivity contribution in [2.75, 3.05) is 32.1 Å². The van der Waals surface area contributed by atoms with Crippen molar-refractivity contribution < 1.29 is 17.9 Å². The van der Waals surface area contributed by atoms with Crippen molar-refractivity contribution in [2.24, 2.45) is 0 Å². The Morgan fingerprint density at radius 2 is 2.00 bits per heavy atom. The Kier molecular flexibility index (Phi) is 5.53. The molecule has 1 N–H and O–H groups in total. The molecule has 1 saturated heterocycles. The van der Waals surface area contributed by atoms with Crippen molar-refractivity contribution in [3.05, 3.63) is 48.0 Å². The van der Waals surface area contributed by atoms with Crippen LogP contribution in [0.5, 0.6) is 5.75 Å². The Morgan fingerprint density at radius 3 is 2.76 bits per heavy atom. The maximum absolute atomic E-state index is 12.7. The summed E-state index contributed by atoms with van der Waals surface area (Å²) in [4.78, 5) is 17.2. The predicted octanol–water partition coefficient (Wildman–Crippen LogP) is 3.38. The lowest BCUT2D eigenvalue weighted by Gasteiger charge is -2.15. The summed E-state index contributed by atoms with van der Waals surface area (Å²) in [5.74, 6) is 0.556. The Morgan fingerprint density at radius 1 is 1.21 bits per heavy atom. The number of ether oxygens (including phenoxy) is 1. The van der Waals surface area contributed by atoms with E-state index in [0.717, 1.165) is 28.8 Å². The van der Waals surface area contributed by atoms with Crippen LogP contribution >= 0.6 is 11.3 Å². The molecule has 1 aliphatic rings. The van der Waals surface area contributed by atoms with Gasteiger partial charge >= 0.3 is 0 Å². The summed E-state index contributed by atoms with van der Waals surface area (Å²) in [5.41, 5.74) is 1.19. The number of nitrogens with zero attached hydrogens (tertiary/aromatic N) is 2. The van der Waals surface area contributed by atoms with Crippen molar-refractivity contribution in [1.29, 1.82) is 0 Å². The van der Waals surface area contributed by atoms with Gasteiger partial charge in [0.15, 0.2) is 10.9 Å². The fourth-order valence-electron chi connectivity index (χ4n) is 3.27. The molecule has 3 aromatic rings. The van der Waals surface area contributed by atoms with E-state index < -0.39 is 10.0 Å². The van der Waals surface area contributed by atoms with Gasteiger partial charge < -0.3 is 10.1 Å². The van der Waals surface area contributed by atoms with Crippen LogP contribution in [0.3, 0.4) is 0 Å². The normalized spacial score (nSPS) is 14.9. The van der Waals surface area contributed by atoms with Crippen LogP contribution < -0.4 is 10.1 Å². The third kappa shape index (κ3) is 4.12. The van der Waals surface area contributed by atoms with Crippen molar-refractivity contribution in [3.8, 4) is 5.75 Å². The highest BCUT2D eigenvalue weighted by Gasteiger charge is 2.27. The fourth-order valence-corrected chi connectivity index (χ4v) is 5.73. The standard InChI is InChI=1S/C20H21N3O4S2/c1-27-15-7-8-17-19(12-15)28-20(22-17)21-13-18(24)14-5-4-6-16(11-14)29(25,26)23-9-2-3-10-23/h4-8,11-12H,2-3,9-10,13H2,1H3,(H,21,22). The van der Waals surface area contributed by atoms with Gasteiger partial charge in [0.05, 0.1) is 28.8 Å². The minimum atomic E-state index is -3.55. The zero-order valence-corrected chi connectivity index (χ0v) is 17.6. The molecule has 152 valence electrons. The number of benzene rings is 2. The van der Waals surface area contributed by atoms with Crippen LogP contribution in [0.2, 0.25) is 0 Å². The van der Waals surface area contributed by atoms with Crippen LogP contribution in [-0.2, 0) is 10.0 Å². The Labute approximate surface area is 173 Å². The van der Waals surface area contributed by atoms with E-state index in [4.69, 9.17) is 4.74 Å². The van der Waals surface area contributed by atoms with Crippen LogP contribution in [0.1, 0.15) is 23.2 Å². The van der Waals surface area contributed by atoms with E-state index in [9.17, 15) is 13.2 Å². The van der Waals surface area contributed by atoms with E-state index in [1.165, 1.54) is 21.7 Å². The van der Waals surface area contributed by atoms with E-state index in [-0.39, 0.29) is 17.2 Å². The highest BCUT2D eigenvalue weighted by molar-refractivity contribution is 7.89. The molecule has 0 radical (unpaired) electrons. The highest BCUT2D eigenvalue weighted by Crippen LogP contribution is 2.29. The monoisotopic (exact) mass is 431 g/mol.